The van der Waals surface area contributed by atoms with E-state index < -0.39 is 10.0 Å². The highest BCUT2D eigenvalue weighted by molar-refractivity contribution is 7.88. The van der Waals surface area contributed by atoms with Crippen LogP contribution in [0.1, 0.15) is 23.2 Å². The molecule has 0 bridgehead atoms. The maximum atomic E-state index is 11.8. The summed E-state index contributed by atoms with van der Waals surface area (Å²) in [6, 6.07) is 5.74. The van der Waals surface area contributed by atoms with E-state index in [-0.39, 0.29) is 5.75 Å². The van der Waals surface area contributed by atoms with E-state index in [1.165, 1.54) is 18.9 Å². The van der Waals surface area contributed by atoms with Crippen LogP contribution in [0.15, 0.2) is 30.7 Å². The number of sulfonamides is 1. The molecular weight excluding hydrogens is 444 g/mol. The summed E-state index contributed by atoms with van der Waals surface area (Å²) in [5, 5.41) is 7.85. The fourth-order valence-corrected chi connectivity index (χ4v) is 4.36. The molecule has 3 rings (SSSR count). The van der Waals surface area contributed by atoms with Crippen molar-refractivity contribution in [2.45, 2.75) is 25.1 Å². The average Bonchev–Trinajstić information content (AvgIpc) is 3.22. The predicted molar refractivity (Wildman–Crippen MR) is 128 cm³/mol. The van der Waals surface area contributed by atoms with E-state index in [1.54, 1.807) is 14.2 Å². The van der Waals surface area contributed by atoms with Crippen LogP contribution in [0.2, 0.25) is 0 Å². The van der Waals surface area contributed by atoms with Crippen molar-refractivity contribution in [2.75, 3.05) is 40.9 Å². The summed E-state index contributed by atoms with van der Waals surface area (Å²) in [6.07, 6.45) is 5.35. The van der Waals surface area contributed by atoms with Gasteiger partial charge in [0.25, 0.3) is 5.88 Å². The average molecular weight is 477 g/mol. The Balaban J connectivity index is 1.40. The highest BCUT2D eigenvalue weighted by Crippen LogP contribution is 2.26. The fraction of sp³-hybridized carbons (Fsp3) is 0.455. The minimum atomic E-state index is -3.29. The quantitative estimate of drug-likeness (QED) is 0.257. The number of hydrogen-bond acceptors (Lipinski definition) is 8. The second-order valence-corrected chi connectivity index (χ2v) is 9.48. The molecule has 0 aliphatic heterocycles. The van der Waals surface area contributed by atoms with Crippen molar-refractivity contribution < 1.29 is 17.9 Å². The minimum absolute atomic E-state index is 0.0215. The summed E-state index contributed by atoms with van der Waals surface area (Å²) >= 11 is 0. The van der Waals surface area contributed by atoms with E-state index in [2.05, 4.69) is 30.3 Å². The van der Waals surface area contributed by atoms with E-state index in [0.717, 1.165) is 54.6 Å². The maximum Gasteiger partial charge on any atom is 0.260 e. The second kappa shape index (κ2) is 11.9. The van der Waals surface area contributed by atoms with Crippen molar-refractivity contribution in [3.63, 3.8) is 0 Å². The zero-order chi connectivity index (χ0) is 23.7. The largest absolute Gasteiger partial charge is 0.490 e. The monoisotopic (exact) mass is 476 g/mol. The van der Waals surface area contributed by atoms with Gasteiger partial charge in [-0.3, -0.25) is 0 Å². The van der Waals surface area contributed by atoms with Gasteiger partial charge < -0.3 is 25.1 Å². The lowest BCUT2D eigenvalue weighted by Crippen LogP contribution is -2.28. The number of ether oxygens (including phenoxy) is 2. The molecule has 0 spiro atoms. The number of fused-ring (bicyclic) bond motifs is 1. The number of benzene rings is 1. The van der Waals surface area contributed by atoms with Gasteiger partial charge in [0.15, 0.2) is 0 Å². The SMILES string of the molecule is CNS(=O)(=O)Cc1ccc2[nH]cc(CCCNCCNCc3ncnc(OC)c3OC)c2c1. The first-order valence-corrected chi connectivity index (χ1v) is 12.5. The molecule has 0 unspecified atom stereocenters. The van der Waals surface area contributed by atoms with Gasteiger partial charge in [-0.25, -0.2) is 18.1 Å². The van der Waals surface area contributed by atoms with Crippen molar-refractivity contribution in [3.8, 4) is 11.6 Å². The second-order valence-electron chi connectivity index (χ2n) is 7.55. The van der Waals surface area contributed by atoms with Gasteiger partial charge in [0.1, 0.15) is 12.0 Å². The van der Waals surface area contributed by atoms with Crippen LogP contribution in [-0.4, -0.2) is 64.3 Å². The fourth-order valence-electron chi connectivity index (χ4n) is 3.59. The first-order valence-electron chi connectivity index (χ1n) is 10.8. The Kier molecular flexibility index (Phi) is 9.01. The number of rotatable bonds is 14. The van der Waals surface area contributed by atoms with Crippen LogP contribution >= 0.6 is 0 Å². The van der Waals surface area contributed by atoms with Gasteiger partial charge in [0.05, 0.1) is 20.0 Å². The lowest BCUT2D eigenvalue weighted by Gasteiger charge is -2.11. The molecule has 1 aromatic carbocycles. The van der Waals surface area contributed by atoms with E-state index in [9.17, 15) is 8.42 Å². The zero-order valence-electron chi connectivity index (χ0n) is 19.3. The van der Waals surface area contributed by atoms with Gasteiger partial charge in [-0.15, -0.1) is 0 Å². The highest BCUT2D eigenvalue weighted by atomic mass is 32.2. The number of aromatic amines is 1. The summed E-state index contributed by atoms with van der Waals surface area (Å²) in [6.45, 7) is 3.05. The van der Waals surface area contributed by atoms with Gasteiger partial charge in [-0.05, 0) is 49.7 Å². The van der Waals surface area contributed by atoms with Crippen LogP contribution < -0.4 is 24.8 Å². The molecular formula is C22H32N6O4S. The third kappa shape index (κ3) is 6.87. The van der Waals surface area contributed by atoms with Crippen molar-refractivity contribution in [1.82, 2.24) is 30.3 Å². The molecule has 2 aromatic heterocycles. The zero-order valence-corrected chi connectivity index (χ0v) is 20.1. The van der Waals surface area contributed by atoms with Gasteiger partial charge in [0, 0.05) is 36.7 Å². The Morgan fingerprint density at radius 1 is 1.06 bits per heavy atom. The molecule has 3 aromatic rings. The molecule has 0 saturated heterocycles. The number of nitrogens with one attached hydrogen (secondary N) is 4. The van der Waals surface area contributed by atoms with Gasteiger partial charge >= 0.3 is 0 Å². The van der Waals surface area contributed by atoms with Crippen LogP contribution in [0, 0.1) is 0 Å². The van der Waals surface area contributed by atoms with Crippen LogP contribution in [0.3, 0.4) is 0 Å². The van der Waals surface area contributed by atoms with Crippen molar-refractivity contribution >= 4 is 20.9 Å². The summed E-state index contributed by atoms with van der Waals surface area (Å²) in [7, 11) is 1.27. The molecule has 0 aliphatic carbocycles. The van der Waals surface area contributed by atoms with E-state index in [4.69, 9.17) is 9.47 Å². The highest BCUT2D eigenvalue weighted by Gasteiger charge is 2.12. The van der Waals surface area contributed by atoms with Crippen LogP contribution in [0.5, 0.6) is 11.6 Å². The summed E-state index contributed by atoms with van der Waals surface area (Å²) in [5.41, 5.74) is 3.74. The number of methoxy groups -OCH3 is 2. The Morgan fingerprint density at radius 2 is 1.88 bits per heavy atom. The Morgan fingerprint density at radius 3 is 2.64 bits per heavy atom. The van der Waals surface area contributed by atoms with Crippen LogP contribution in [0.25, 0.3) is 10.9 Å². The lowest BCUT2D eigenvalue weighted by molar-refractivity contribution is 0.336. The summed E-state index contributed by atoms with van der Waals surface area (Å²) < 4.78 is 36.6. The number of aromatic nitrogens is 3. The molecule has 0 fully saturated rings. The molecule has 0 radical (unpaired) electrons. The summed E-state index contributed by atoms with van der Waals surface area (Å²) in [5.74, 6) is 0.952. The third-order valence-electron chi connectivity index (χ3n) is 5.31. The molecule has 180 valence electrons. The number of nitrogens with zero attached hydrogens (tertiary/aromatic N) is 2. The van der Waals surface area contributed by atoms with E-state index >= 15 is 0 Å². The minimum Gasteiger partial charge on any atom is -0.490 e. The molecule has 10 nitrogen and oxygen atoms in total. The molecule has 4 N–H and O–H groups in total. The standard InChI is InChI=1S/C22H32N6O4S/c1-23-33(29,30)14-16-6-7-19-18(11-16)17(12-26-19)5-4-8-24-9-10-25-13-20-21(31-2)22(32-3)28-15-27-20/h6-7,11-12,15,23-26H,4-5,8-10,13-14H2,1-3H3. The van der Waals surface area contributed by atoms with Gasteiger partial charge in [-0.2, -0.15) is 4.98 Å². The first-order chi connectivity index (χ1) is 16.0. The van der Waals surface area contributed by atoms with E-state index in [0.29, 0.717) is 18.2 Å². The molecule has 2 heterocycles. The van der Waals surface area contributed by atoms with Crippen LogP contribution in [0.4, 0.5) is 0 Å². The Hall–Kier alpha value is -2.73. The molecule has 11 heteroatoms. The molecule has 0 amide bonds. The predicted octanol–water partition coefficient (Wildman–Crippen LogP) is 1.34. The number of aryl methyl sites for hydroxylation is 1. The smallest absolute Gasteiger partial charge is 0.260 e. The third-order valence-corrected chi connectivity index (χ3v) is 6.65. The maximum absolute atomic E-state index is 11.8. The first kappa shape index (κ1) is 24.9. The Labute approximate surface area is 194 Å². The molecule has 0 aliphatic rings. The normalized spacial score (nSPS) is 11.7. The van der Waals surface area contributed by atoms with Crippen molar-refractivity contribution in [3.05, 3.63) is 47.5 Å². The molecule has 33 heavy (non-hydrogen) atoms. The lowest BCUT2D eigenvalue weighted by atomic mass is 10.1. The van der Waals surface area contributed by atoms with Crippen molar-refractivity contribution in [1.29, 1.82) is 0 Å². The topological polar surface area (TPSA) is 130 Å². The van der Waals surface area contributed by atoms with Gasteiger partial charge in [-0.1, -0.05) is 6.07 Å². The molecule has 0 atom stereocenters. The summed E-state index contributed by atoms with van der Waals surface area (Å²) in [4.78, 5) is 11.6. The molecule has 0 saturated carbocycles. The number of H-pyrrole nitrogens is 1. The van der Waals surface area contributed by atoms with Gasteiger partial charge in [0.2, 0.25) is 15.8 Å². The van der Waals surface area contributed by atoms with Crippen LogP contribution in [-0.2, 0) is 28.7 Å². The Bertz CT molecular complexity index is 1150. The van der Waals surface area contributed by atoms with Crippen molar-refractivity contribution in [2.24, 2.45) is 0 Å². The number of hydrogen-bond donors (Lipinski definition) is 4. The van der Waals surface area contributed by atoms with E-state index in [1.807, 2.05) is 24.4 Å².